The van der Waals surface area contributed by atoms with Crippen molar-refractivity contribution < 1.29 is 24.4 Å². The van der Waals surface area contributed by atoms with Gasteiger partial charge in [-0.05, 0) is 12.0 Å². The average molecular weight is 362 g/mol. The van der Waals surface area contributed by atoms with Gasteiger partial charge in [0.2, 0.25) is 0 Å². The molecule has 0 saturated heterocycles. The van der Waals surface area contributed by atoms with Gasteiger partial charge in [-0.1, -0.05) is 13.8 Å². The Labute approximate surface area is 149 Å². The van der Waals surface area contributed by atoms with Crippen LogP contribution >= 0.6 is 0 Å². The van der Waals surface area contributed by atoms with E-state index in [1.807, 2.05) is 0 Å². The number of carbonyl (C=O) groups is 2. The Balaban J connectivity index is 3.05. The van der Waals surface area contributed by atoms with E-state index in [0.29, 0.717) is 0 Å². The minimum Gasteiger partial charge on any atom is -0.495 e. The van der Waals surface area contributed by atoms with Gasteiger partial charge in [0, 0.05) is 18.3 Å². The second-order valence-corrected chi connectivity index (χ2v) is 5.49. The number of aliphatic carboxylic acids is 1. The van der Waals surface area contributed by atoms with Crippen molar-refractivity contribution in [3.8, 4) is 11.8 Å². The summed E-state index contributed by atoms with van der Waals surface area (Å²) in [5.41, 5.74) is -0.443. The SMILES string of the molecule is COc1ccc([N+](=O)[O-])cc1N/C=C(/C#N)C(=O)NC(C(=O)O)C(C)C. The third-order valence-electron chi connectivity index (χ3n) is 3.35. The monoisotopic (exact) mass is 362 g/mol. The summed E-state index contributed by atoms with van der Waals surface area (Å²) in [6, 6.07) is 4.27. The van der Waals surface area contributed by atoms with Crippen molar-refractivity contribution in [3.63, 3.8) is 0 Å². The summed E-state index contributed by atoms with van der Waals surface area (Å²) in [5, 5.41) is 33.9. The summed E-state index contributed by atoms with van der Waals surface area (Å²) in [7, 11) is 1.36. The fraction of sp³-hybridized carbons (Fsp3) is 0.312. The van der Waals surface area contributed by atoms with Crippen LogP contribution < -0.4 is 15.4 Å². The lowest BCUT2D eigenvalue weighted by atomic mass is 10.0. The smallest absolute Gasteiger partial charge is 0.326 e. The molecular formula is C16H18N4O6. The summed E-state index contributed by atoms with van der Waals surface area (Å²) in [4.78, 5) is 33.5. The minimum absolute atomic E-state index is 0.167. The fourth-order valence-corrected chi connectivity index (χ4v) is 1.95. The number of carbonyl (C=O) groups excluding carboxylic acids is 1. The number of hydrogen-bond donors (Lipinski definition) is 3. The maximum absolute atomic E-state index is 12.1. The molecule has 0 aliphatic heterocycles. The van der Waals surface area contributed by atoms with Gasteiger partial charge in [0.25, 0.3) is 11.6 Å². The van der Waals surface area contributed by atoms with E-state index in [4.69, 9.17) is 15.1 Å². The van der Waals surface area contributed by atoms with Gasteiger partial charge in [0.05, 0.1) is 17.7 Å². The molecule has 0 fully saturated rings. The summed E-state index contributed by atoms with van der Waals surface area (Å²) >= 11 is 0. The third-order valence-corrected chi connectivity index (χ3v) is 3.35. The number of amides is 1. The van der Waals surface area contributed by atoms with Gasteiger partial charge in [0.15, 0.2) is 0 Å². The Kier molecular flexibility index (Phi) is 7.09. The van der Waals surface area contributed by atoms with Gasteiger partial charge >= 0.3 is 5.97 Å². The maximum atomic E-state index is 12.1. The molecular weight excluding hydrogens is 344 g/mol. The number of nitrogens with one attached hydrogen (secondary N) is 2. The number of carboxylic acids is 1. The predicted molar refractivity (Wildman–Crippen MR) is 91.4 cm³/mol. The first kappa shape index (κ1) is 20.4. The van der Waals surface area contributed by atoms with Crippen LogP contribution in [0, 0.1) is 27.4 Å². The predicted octanol–water partition coefficient (Wildman–Crippen LogP) is 1.65. The van der Waals surface area contributed by atoms with E-state index in [2.05, 4.69) is 10.6 Å². The van der Waals surface area contributed by atoms with Crippen molar-refractivity contribution in [1.29, 1.82) is 5.26 Å². The zero-order valence-corrected chi connectivity index (χ0v) is 14.3. The summed E-state index contributed by atoms with van der Waals surface area (Å²) < 4.78 is 5.06. The molecule has 0 aromatic heterocycles. The molecule has 0 bridgehead atoms. The molecule has 138 valence electrons. The van der Waals surface area contributed by atoms with Gasteiger partial charge in [0.1, 0.15) is 23.4 Å². The minimum atomic E-state index is -1.22. The zero-order chi connectivity index (χ0) is 19.9. The zero-order valence-electron chi connectivity index (χ0n) is 14.3. The molecule has 1 aromatic rings. The number of non-ortho nitro benzene ring substituents is 1. The van der Waals surface area contributed by atoms with Crippen LogP contribution in [0.15, 0.2) is 30.0 Å². The van der Waals surface area contributed by atoms with Crippen LogP contribution in [0.5, 0.6) is 5.75 Å². The molecule has 10 nitrogen and oxygen atoms in total. The molecule has 0 aliphatic carbocycles. The molecule has 10 heteroatoms. The number of hydrogen-bond acceptors (Lipinski definition) is 7. The van der Waals surface area contributed by atoms with E-state index in [1.54, 1.807) is 19.9 Å². The van der Waals surface area contributed by atoms with E-state index in [-0.39, 0.29) is 23.0 Å². The lowest BCUT2D eigenvalue weighted by Crippen LogP contribution is -2.44. The van der Waals surface area contributed by atoms with Crippen molar-refractivity contribution >= 4 is 23.3 Å². The third kappa shape index (κ3) is 5.20. The molecule has 0 aliphatic rings. The normalized spacial score (nSPS) is 12.0. The van der Waals surface area contributed by atoms with Crippen LogP contribution in [0.2, 0.25) is 0 Å². The van der Waals surface area contributed by atoms with Crippen molar-refractivity contribution in [2.24, 2.45) is 5.92 Å². The Morgan fingerprint density at radius 2 is 2.08 bits per heavy atom. The molecule has 3 N–H and O–H groups in total. The molecule has 1 unspecified atom stereocenters. The quantitative estimate of drug-likeness (QED) is 0.273. The van der Waals surface area contributed by atoms with Crippen LogP contribution in [0.25, 0.3) is 0 Å². The molecule has 0 heterocycles. The van der Waals surface area contributed by atoms with Crippen LogP contribution in [-0.4, -0.2) is 35.1 Å². The molecule has 0 saturated carbocycles. The van der Waals surface area contributed by atoms with E-state index in [0.717, 1.165) is 6.20 Å². The van der Waals surface area contributed by atoms with E-state index >= 15 is 0 Å². The Morgan fingerprint density at radius 1 is 1.42 bits per heavy atom. The number of carboxylic acid groups (broad SMARTS) is 1. The van der Waals surface area contributed by atoms with Crippen LogP contribution in [0.3, 0.4) is 0 Å². The van der Waals surface area contributed by atoms with Crippen LogP contribution in [0.4, 0.5) is 11.4 Å². The number of ether oxygens (including phenoxy) is 1. The number of nitrogens with zero attached hydrogens (tertiary/aromatic N) is 2. The Bertz CT molecular complexity index is 781. The summed E-state index contributed by atoms with van der Waals surface area (Å²) in [6.07, 6.45) is 1.02. The highest BCUT2D eigenvalue weighted by atomic mass is 16.6. The van der Waals surface area contributed by atoms with Crippen molar-refractivity contribution in [2.45, 2.75) is 19.9 Å². The van der Waals surface area contributed by atoms with E-state index in [9.17, 15) is 19.7 Å². The first-order valence-corrected chi connectivity index (χ1v) is 7.44. The van der Waals surface area contributed by atoms with Crippen molar-refractivity contribution in [1.82, 2.24) is 5.32 Å². The lowest BCUT2D eigenvalue weighted by molar-refractivity contribution is -0.384. The fourth-order valence-electron chi connectivity index (χ4n) is 1.95. The highest BCUT2D eigenvalue weighted by Gasteiger charge is 2.25. The molecule has 1 amide bonds. The molecule has 0 radical (unpaired) electrons. The average Bonchev–Trinajstić information content (AvgIpc) is 2.59. The Morgan fingerprint density at radius 3 is 2.54 bits per heavy atom. The summed E-state index contributed by atoms with van der Waals surface area (Å²) in [6.45, 7) is 3.22. The van der Waals surface area contributed by atoms with Gasteiger partial charge in [-0.15, -0.1) is 0 Å². The number of methoxy groups -OCH3 is 1. The van der Waals surface area contributed by atoms with Crippen LogP contribution in [-0.2, 0) is 9.59 Å². The standard InChI is InChI=1S/C16H18N4O6/c1-9(2)14(16(22)23)19-15(21)10(7-17)8-18-12-6-11(20(24)25)4-5-13(12)26-3/h4-6,8-9,14,18H,1-3H3,(H,19,21)(H,22,23)/b10-8-. The van der Waals surface area contributed by atoms with E-state index < -0.39 is 28.4 Å². The highest BCUT2D eigenvalue weighted by Crippen LogP contribution is 2.29. The number of rotatable bonds is 8. The number of anilines is 1. The van der Waals surface area contributed by atoms with Crippen LogP contribution in [0.1, 0.15) is 13.8 Å². The van der Waals surface area contributed by atoms with Crippen molar-refractivity contribution in [3.05, 3.63) is 40.1 Å². The second kappa shape index (κ2) is 9.03. The molecule has 0 spiro atoms. The van der Waals surface area contributed by atoms with E-state index in [1.165, 1.54) is 25.3 Å². The summed E-state index contributed by atoms with van der Waals surface area (Å²) in [5.74, 6) is -2.24. The molecule has 1 rings (SSSR count). The first-order valence-electron chi connectivity index (χ1n) is 7.44. The number of nitro benzene ring substituents is 1. The number of benzene rings is 1. The van der Waals surface area contributed by atoms with Gasteiger partial charge in [-0.2, -0.15) is 5.26 Å². The molecule has 1 atom stereocenters. The van der Waals surface area contributed by atoms with Gasteiger partial charge in [-0.3, -0.25) is 14.9 Å². The second-order valence-electron chi connectivity index (χ2n) is 5.49. The van der Waals surface area contributed by atoms with Gasteiger partial charge in [-0.25, -0.2) is 4.79 Å². The first-order chi connectivity index (χ1) is 12.2. The maximum Gasteiger partial charge on any atom is 0.326 e. The molecule has 1 aromatic carbocycles. The lowest BCUT2D eigenvalue weighted by Gasteiger charge is -2.17. The van der Waals surface area contributed by atoms with Crippen molar-refractivity contribution in [2.75, 3.05) is 12.4 Å². The molecule has 26 heavy (non-hydrogen) atoms. The van der Waals surface area contributed by atoms with Gasteiger partial charge < -0.3 is 20.5 Å². The largest absolute Gasteiger partial charge is 0.495 e. The topological polar surface area (TPSA) is 155 Å². The Hall–Kier alpha value is -3.61. The highest BCUT2D eigenvalue weighted by molar-refractivity contribution is 5.99. The number of nitriles is 1. The number of nitro groups is 1.